The first-order valence-electron chi connectivity index (χ1n) is 2.99. The van der Waals surface area contributed by atoms with Crippen LogP contribution >= 0.6 is 39.0 Å². The molecule has 0 fully saturated rings. The van der Waals surface area contributed by atoms with Crippen LogP contribution in [0.15, 0.2) is 22.9 Å². The lowest BCUT2D eigenvalue weighted by atomic mass is 10.3. The second-order valence-corrected chi connectivity index (χ2v) is 5.89. The number of hydrogen-bond acceptors (Lipinski definition) is 3. The van der Waals surface area contributed by atoms with E-state index in [9.17, 15) is 8.42 Å². The van der Waals surface area contributed by atoms with Gasteiger partial charge in [0.1, 0.15) is 0 Å². The summed E-state index contributed by atoms with van der Waals surface area (Å²) in [6, 6.07) is 1.66. The predicted molar refractivity (Wildman–Crippen MR) is 57.7 cm³/mol. The molecule has 1 heterocycles. The third-order valence-electron chi connectivity index (χ3n) is 1.10. The normalized spacial score (nSPS) is 10.6. The summed E-state index contributed by atoms with van der Waals surface area (Å²) in [5.74, 6) is -0.193. The Morgan fingerprint density at radius 2 is 2.08 bits per heavy atom. The van der Waals surface area contributed by atoms with Crippen molar-refractivity contribution >= 4 is 48.1 Å². The standard InChI is InChI=1S/C6H5BrClNO2S.ClH/c7-6-1-5(2-9-3-6)4-12(8,10)11;/h1-3H,4H2;1H. The first-order valence-corrected chi connectivity index (χ1v) is 6.26. The molecule has 0 aliphatic rings. The van der Waals surface area contributed by atoms with Crippen molar-refractivity contribution in [3.05, 3.63) is 28.5 Å². The quantitative estimate of drug-likeness (QED) is 0.788. The minimum atomic E-state index is -3.48. The van der Waals surface area contributed by atoms with Gasteiger partial charge in [0.05, 0.1) is 5.75 Å². The Hall–Kier alpha value is 0.160. The fraction of sp³-hybridized carbons (Fsp3) is 0.167. The fourth-order valence-electron chi connectivity index (χ4n) is 0.734. The molecule has 0 saturated carbocycles. The van der Waals surface area contributed by atoms with Crippen LogP contribution in [0.2, 0.25) is 0 Å². The first-order chi connectivity index (χ1) is 5.47. The molecular weight excluding hydrogens is 301 g/mol. The van der Waals surface area contributed by atoms with E-state index in [1.165, 1.54) is 6.20 Å². The highest BCUT2D eigenvalue weighted by molar-refractivity contribution is 9.10. The van der Waals surface area contributed by atoms with Crippen molar-refractivity contribution in [1.82, 2.24) is 4.98 Å². The minimum absolute atomic E-state index is 0. The first kappa shape index (κ1) is 13.2. The zero-order valence-electron chi connectivity index (χ0n) is 6.28. The zero-order chi connectivity index (χ0) is 9.19. The molecule has 0 saturated heterocycles. The van der Waals surface area contributed by atoms with Crippen molar-refractivity contribution in [3.63, 3.8) is 0 Å². The van der Waals surface area contributed by atoms with E-state index in [2.05, 4.69) is 20.9 Å². The summed E-state index contributed by atoms with van der Waals surface area (Å²) in [6.07, 6.45) is 3.04. The van der Waals surface area contributed by atoms with Gasteiger partial charge in [-0.25, -0.2) is 8.42 Å². The van der Waals surface area contributed by atoms with Crippen molar-refractivity contribution in [2.24, 2.45) is 0 Å². The number of pyridine rings is 1. The van der Waals surface area contributed by atoms with Crippen molar-refractivity contribution in [1.29, 1.82) is 0 Å². The lowest BCUT2D eigenvalue weighted by Crippen LogP contribution is -1.95. The molecule has 0 radical (unpaired) electrons. The molecule has 0 N–H and O–H groups in total. The zero-order valence-corrected chi connectivity index (χ0v) is 10.3. The van der Waals surface area contributed by atoms with Crippen LogP contribution in [0.25, 0.3) is 0 Å². The highest BCUT2D eigenvalue weighted by Crippen LogP contribution is 2.13. The van der Waals surface area contributed by atoms with E-state index >= 15 is 0 Å². The minimum Gasteiger partial charge on any atom is -0.263 e. The molecule has 7 heteroatoms. The molecule has 1 aromatic rings. The third-order valence-corrected chi connectivity index (χ3v) is 2.54. The van der Waals surface area contributed by atoms with E-state index in [4.69, 9.17) is 10.7 Å². The van der Waals surface area contributed by atoms with Gasteiger partial charge in [-0.1, -0.05) is 0 Å². The van der Waals surface area contributed by atoms with Gasteiger partial charge in [0, 0.05) is 27.5 Å². The Labute approximate surface area is 95.5 Å². The molecule has 0 amide bonds. The summed E-state index contributed by atoms with van der Waals surface area (Å²) < 4.78 is 22.0. The van der Waals surface area contributed by atoms with Crippen LogP contribution in [0.3, 0.4) is 0 Å². The highest BCUT2D eigenvalue weighted by Gasteiger charge is 2.06. The number of rotatable bonds is 2. The van der Waals surface area contributed by atoms with Gasteiger partial charge in [0.2, 0.25) is 9.05 Å². The molecule has 0 aliphatic heterocycles. The van der Waals surface area contributed by atoms with E-state index in [1.807, 2.05) is 0 Å². The summed E-state index contributed by atoms with van der Waals surface area (Å²) in [6.45, 7) is 0. The van der Waals surface area contributed by atoms with Crippen molar-refractivity contribution in [3.8, 4) is 0 Å². The second-order valence-electron chi connectivity index (χ2n) is 2.19. The molecule has 0 atom stereocenters. The average Bonchev–Trinajstić information content (AvgIpc) is 1.82. The lowest BCUT2D eigenvalue weighted by Gasteiger charge is -1.96. The highest BCUT2D eigenvalue weighted by atomic mass is 79.9. The monoisotopic (exact) mass is 305 g/mol. The fourth-order valence-corrected chi connectivity index (χ4v) is 2.08. The smallest absolute Gasteiger partial charge is 0.236 e. The second kappa shape index (κ2) is 5.14. The third kappa shape index (κ3) is 5.46. The van der Waals surface area contributed by atoms with E-state index < -0.39 is 9.05 Å². The van der Waals surface area contributed by atoms with Gasteiger partial charge in [-0.3, -0.25) is 4.98 Å². The summed E-state index contributed by atoms with van der Waals surface area (Å²) in [5.41, 5.74) is 0.569. The number of halogens is 3. The maximum atomic E-state index is 10.6. The topological polar surface area (TPSA) is 47.0 Å². The van der Waals surface area contributed by atoms with E-state index in [-0.39, 0.29) is 18.2 Å². The van der Waals surface area contributed by atoms with Crippen molar-refractivity contribution < 1.29 is 8.42 Å². The van der Waals surface area contributed by atoms with Crippen LogP contribution in [0.5, 0.6) is 0 Å². The number of aromatic nitrogens is 1. The largest absolute Gasteiger partial charge is 0.263 e. The van der Waals surface area contributed by atoms with Crippen molar-refractivity contribution in [2.45, 2.75) is 5.75 Å². The van der Waals surface area contributed by atoms with Gasteiger partial charge in [0.25, 0.3) is 0 Å². The van der Waals surface area contributed by atoms with Gasteiger partial charge in [-0.2, -0.15) is 0 Å². The maximum Gasteiger partial charge on any atom is 0.236 e. The van der Waals surface area contributed by atoms with Crippen LogP contribution in [0.4, 0.5) is 0 Å². The van der Waals surface area contributed by atoms with Gasteiger partial charge in [0.15, 0.2) is 0 Å². The molecule has 0 aliphatic carbocycles. The number of hydrogen-bond donors (Lipinski definition) is 0. The Kier molecular flexibility index (Phi) is 5.21. The Morgan fingerprint density at radius 3 is 2.54 bits per heavy atom. The molecule has 1 aromatic heterocycles. The molecule has 0 unspecified atom stereocenters. The average molecular weight is 307 g/mol. The molecule has 1 rings (SSSR count). The summed E-state index contributed by atoms with van der Waals surface area (Å²) in [5, 5.41) is 0. The van der Waals surface area contributed by atoms with E-state index in [0.29, 0.717) is 5.56 Å². The SMILES string of the molecule is Cl.O=S(=O)(Cl)Cc1cncc(Br)c1. The van der Waals surface area contributed by atoms with Gasteiger partial charge < -0.3 is 0 Å². The van der Waals surface area contributed by atoms with E-state index in [1.54, 1.807) is 12.3 Å². The lowest BCUT2D eigenvalue weighted by molar-refractivity contribution is 0.609. The molecule has 3 nitrogen and oxygen atoms in total. The Balaban J connectivity index is 0.00000144. The van der Waals surface area contributed by atoms with Crippen LogP contribution < -0.4 is 0 Å². The van der Waals surface area contributed by atoms with Crippen LogP contribution in [0, 0.1) is 0 Å². The van der Waals surface area contributed by atoms with Crippen LogP contribution in [-0.2, 0) is 14.8 Å². The number of nitrogens with zero attached hydrogens (tertiary/aromatic N) is 1. The maximum absolute atomic E-state index is 10.6. The molecule has 0 bridgehead atoms. The molecule has 0 spiro atoms. The molecular formula is C6H6BrCl2NO2S. The molecule has 0 aromatic carbocycles. The van der Waals surface area contributed by atoms with Gasteiger partial charge >= 0.3 is 0 Å². The Morgan fingerprint density at radius 1 is 1.46 bits per heavy atom. The van der Waals surface area contributed by atoms with Crippen LogP contribution in [-0.4, -0.2) is 13.4 Å². The molecule has 13 heavy (non-hydrogen) atoms. The summed E-state index contributed by atoms with van der Waals surface area (Å²) in [4.78, 5) is 3.80. The predicted octanol–water partition coefficient (Wildman–Crippen LogP) is 2.33. The Bertz CT molecular complexity index is 382. The van der Waals surface area contributed by atoms with Crippen LogP contribution in [0.1, 0.15) is 5.56 Å². The summed E-state index contributed by atoms with van der Waals surface area (Å²) >= 11 is 3.17. The van der Waals surface area contributed by atoms with E-state index in [0.717, 1.165) is 4.47 Å². The van der Waals surface area contributed by atoms with Gasteiger partial charge in [-0.05, 0) is 27.6 Å². The molecule has 74 valence electrons. The van der Waals surface area contributed by atoms with Crippen molar-refractivity contribution in [2.75, 3.05) is 0 Å². The summed E-state index contributed by atoms with van der Waals surface area (Å²) in [7, 11) is 1.57. The van der Waals surface area contributed by atoms with Gasteiger partial charge in [-0.15, -0.1) is 12.4 Å².